The van der Waals surface area contributed by atoms with Gasteiger partial charge in [0.1, 0.15) is 5.82 Å². The van der Waals surface area contributed by atoms with Crippen molar-refractivity contribution in [3.63, 3.8) is 0 Å². The van der Waals surface area contributed by atoms with Crippen LogP contribution in [0.15, 0.2) is 48.5 Å². The summed E-state index contributed by atoms with van der Waals surface area (Å²) in [4.78, 5) is 19.4. The van der Waals surface area contributed by atoms with Crippen molar-refractivity contribution in [1.29, 1.82) is 0 Å². The van der Waals surface area contributed by atoms with E-state index >= 15 is 0 Å². The molecule has 1 heterocycles. The van der Waals surface area contributed by atoms with E-state index < -0.39 is 5.82 Å². The number of nitrogens with zero attached hydrogens (tertiary/aromatic N) is 3. The number of ketones is 1. The van der Waals surface area contributed by atoms with Gasteiger partial charge >= 0.3 is 0 Å². The topological polar surface area (TPSA) is 38.8 Å². The minimum absolute atomic E-state index is 0.112. The molecule has 0 spiro atoms. The van der Waals surface area contributed by atoms with Gasteiger partial charge in [-0.3, -0.25) is 9.69 Å². The van der Waals surface area contributed by atoms with Crippen LogP contribution in [-0.2, 0) is 0 Å². The van der Waals surface area contributed by atoms with Crippen LogP contribution in [0.25, 0.3) is 0 Å². The van der Waals surface area contributed by atoms with Crippen molar-refractivity contribution in [2.75, 3.05) is 70.1 Å². The van der Waals surface area contributed by atoms with Crippen LogP contribution in [0.3, 0.4) is 0 Å². The summed E-state index contributed by atoms with van der Waals surface area (Å²) in [5, 5.41) is 3.22. The Morgan fingerprint density at radius 1 is 1.03 bits per heavy atom. The number of Topliss-reactive ketones (excluding diaryl/α,β-unsaturated/α-hetero) is 1. The number of hydrogen-bond donors (Lipinski definition) is 1. The molecule has 0 radical (unpaired) electrons. The van der Waals surface area contributed by atoms with E-state index in [9.17, 15) is 9.18 Å². The Hall–Kier alpha value is -2.44. The Bertz CT molecular complexity index is 820. The first-order chi connectivity index (χ1) is 15.0. The van der Waals surface area contributed by atoms with Gasteiger partial charge in [0, 0.05) is 50.5 Å². The SMILES string of the molecule is CN(C)CCCNc1ccc(C(=O)CCCN2CCN(c3ccccc3)CC2)c(F)c1. The summed E-state index contributed by atoms with van der Waals surface area (Å²) in [6, 6.07) is 15.3. The molecular formula is C25H35FN4O. The zero-order valence-corrected chi connectivity index (χ0v) is 18.8. The van der Waals surface area contributed by atoms with Crippen LogP contribution in [0.2, 0.25) is 0 Å². The summed E-state index contributed by atoms with van der Waals surface area (Å²) in [7, 11) is 4.06. The third-order valence-electron chi connectivity index (χ3n) is 5.75. The third kappa shape index (κ3) is 7.33. The first-order valence-corrected chi connectivity index (χ1v) is 11.3. The van der Waals surface area contributed by atoms with Gasteiger partial charge in [-0.15, -0.1) is 0 Å². The van der Waals surface area contributed by atoms with Gasteiger partial charge in [-0.1, -0.05) is 18.2 Å². The summed E-state index contributed by atoms with van der Waals surface area (Å²) in [5.41, 5.74) is 2.19. The number of para-hydroxylation sites is 1. The molecule has 5 nitrogen and oxygen atoms in total. The Kier molecular flexibility index (Phi) is 8.85. The first kappa shape index (κ1) is 23.2. The fraction of sp³-hybridized carbons (Fsp3) is 0.480. The van der Waals surface area contributed by atoms with Crippen LogP contribution in [0.1, 0.15) is 29.6 Å². The number of benzene rings is 2. The van der Waals surface area contributed by atoms with E-state index in [1.54, 1.807) is 12.1 Å². The summed E-state index contributed by atoms with van der Waals surface area (Å²) in [6.45, 7) is 6.61. The smallest absolute Gasteiger partial charge is 0.165 e. The molecule has 31 heavy (non-hydrogen) atoms. The molecule has 1 fully saturated rings. The molecule has 0 aromatic heterocycles. The maximum absolute atomic E-state index is 14.4. The van der Waals surface area contributed by atoms with E-state index in [-0.39, 0.29) is 11.3 Å². The van der Waals surface area contributed by atoms with Crippen LogP contribution in [0.5, 0.6) is 0 Å². The van der Waals surface area contributed by atoms with Gasteiger partial charge in [0.15, 0.2) is 5.78 Å². The highest BCUT2D eigenvalue weighted by atomic mass is 19.1. The molecule has 0 saturated carbocycles. The Morgan fingerprint density at radius 2 is 1.77 bits per heavy atom. The molecule has 3 rings (SSSR count). The number of halogens is 1. The minimum Gasteiger partial charge on any atom is -0.385 e. The predicted molar refractivity (Wildman–Crippen MR) is 127 cm³/mol. The lowest BCUT2D eigenvalue weighted by molar-refractivity contribution is 0.0970. The molecule has 0 unspecified atom stereocenters. The molecular weight excluding hydrogens is 391 g/mol. The number of piperazine rings is 1. The predicted octanol–water partition coefficient (Wildman–Crippen LogP) is 3.97. The molecule has 0 atom stereocenters. The van der Waals surface area contributed by atoms with Crippen LogP contribution < -0.4 is 10.2 Å². The molecule has 1 saturated heterocycles. The van der Waals surface area contributed by atoms with Crippen LogP contribution in [0, 0.1) is 5.82 Å². The van der Waals surface area contributed by atoms with E-state index in [1.807, 2.05) is 20.2 Å². The lowest BCUT2D eigenvalue weighted by Gasteiger charge is -2.36. The number of hydrogen-bond acceptors (Lipinski definition) is 5. The van der Waals surface area contributed by atoms with Gasteiger partial charge in [0.2, 0.25) is 0 Å². The van der Waals surface area contributed by atoms with Crippen molar-refractivity contribution in [2.45, 2.75) is 19.3 Å². The standard InChI is InChI=1S/C25H35FN4O/c1-28(2)14-7-13-27-21-11-12-23(24(26)20-21)25(31)10-6-15-29-16-18-30(19-17-29)22-8-4-3-5-9-22/h3-5,8-9,11-12,20,27H,6-7,10,13-19H2,1-2H3. The van der Waals surface area contributed by atoms with Crippen molar-refractivity contribution >= 4 is 17.2 Å². The Labute approximate surface area is 185 Å². The van der Waals surface area contributed by atoms with Crippen LogP contribution in [-0.4, -0.2) is 75.5 Å². The van der Waals surface area contributed by atoms with E-state index in [2.05, 4.69) is 44.3 Å². The highest BCUT2D eigenvalue weighted by molar-refractivity contribution is 5.96. The molecule has 2 aromatic rings. The van der Waals surface area contributed by atoms with Gasteiger partial charge < -0.3 is 15.1 Å². The fourth-order valence-electron chi connectivity index (χ4n) is 3.95. The number of anilines is 2. The molecule has 1 aliphatic heterocycles. The average Bonchev–Trinajstić information content (AvgIpc) is 2.77. The molecule has 168 valence electrons. The lowest BCUT2D eigenvalue weighted by Crippen LogP contribution is -2.46. The number of carbonyl (C=O) groups excluding carboxylic acids is 1. The third-order valence-corrected chi connectivity index (χ3v) is 5.75. The molecule has 0 bridgehead atoms. The largest absolute Gasteiger partial charge is 0.385 e. The molecule has 1 aliphatic rings. The van der Waals surface area contributed by atoms with E-state index in [4.69, 9.17) is 0 Å². The van der Waals surface area contributed by atoms with Gasteiger partial charge in [0.25, 0.3) is 0 Å². The van der Waals surface area contributed by atoms with Gasteiger partial charge in [0.05, 0.1) is 5.56 Å². The minimum atomic E-state index is -0.431. The van der Waals surface area contributed by atoms with Crippen LogP contribution in [0.4, 0.5) is 15.8 Å². The van der Waals surface area contributed by atoms with Crippen molar-refractivity contribution in [2.24, 2.45) is 0 Å². The molecule has 6 heteroatoms. The average molecular weight is 427 g/mol. The van der Waals surface area contributed by atoms with Gasteiger partial charge in [-0.05, 0) is 70.4 Å². The maximum Gasteiger partial charge on any atom is 0.165 e. The summed E-state index contributed by atoms with van der Waals surface area (Å²) in [5.74, 6) is -0.543. The maximum atomic E-state index is 14.4. The summed E-state index contributed by atoms with van der Waals surface area (Å²) >= 11 is 0. The Balaban J connectivity index is 1.38. The van der Waals surface area contributed by atoms with E-state index in [0.29, 0.717) is 6.42 Å². The zero-order chi connectivity index (χ0) is 22.1. The van der Waals surface area contributed by atoms with Crippen molar-refractivity contribution in [3.05, 3.63) is 59.9 Å². The number of nitrogens with one attached hydrogen (secondary N) is 1. The van der Waals surface area contributed by atoms with Crippen molar-refractivity contribution in [1.82, 2.24) is 9.80 Å². The Morgan fingerprint density at radius 3 is 2.45 bits per heavy atom. The second-order valence-electron chi connectivity index (χ2n) is 8.47. The zero-order valence-electron chi connectivity index (χ0n) is 18.8. The first-order valence-electron chi connectivity index (χ1n) is 11.3. The molecule has 1 N–H and O–H groups in total. The second kappa shape index (κ2) is 11.8. The van der Waals surface area contributed by atoms with Gasteiger partial charge in [-0.25, -0.2) is 4.39 Å². The van der Waals surface area contributed by atoms with E-state index in [1.165, 1.54) is 11.8 Å². The van der Waals surface area contributed by atoms with E-state index in [0.717, 1.165) is 64.3 Å². The molecule has 0 aliphatic carbocycles. The monoisotopic (exact) mass is 426 g/mol. The van der Waals surface area contributed by atoms with Crippen molar-refractivity contribution < 1.29 is 9.18 Å². The highest BCUT2D eigenvalue weighted by Crippen LogP contribution is 2.18. The highest BCUT2D eigenvalue weighted by Gasteiger charge is 2.18. The molecule has 0 amide bonds. The van der Waals surface area contributed by atoms with Gasteiger partial charge in [-0.2, -0.15) is 0 Å². The second-order valence-corrected chi connectivity index (χ2v) is 8.47. The fourth-order valence-corrected chi connectivity index (χ4v) is 3.95. The molecule has 2 aromatic carbocycles. The summed E-state index contributed by atoms with van der Waals surface area (Å²) in [6.07, 6.45) is 2.12. The normalized spacial score (nSPS) is 14.8. The number of carbonyl (C=O) groups is 1. The quantitative estimate of drug-likeness (QED) is 0.435. The van der Waals surface area contributed by atoms with Crippen molar-refractivity contribution in [3.8, 4) is 0 Å². The number of rotatable bonds is 11. The lowest BCUT2D eigenvalue weighted by atomic mass is 10.0. The summed E-state index contributed by atoms with van der Waals surface area (Å²) < 4.78 is 14.4. The van der Waals surface area contributed by atoms with Crippen LogP contribution >= 0.6 is 0 Å².